The van der Waals surface area contributed by atoms with Crippen LogP contribution >= 0.6 is 0 Å². The molecule has 1 spiro atoms. The Morgan fingerprint density at radius 2 is 1.37 bits per heavy atom. The predicted octanol–water partition coefficient (Wildman–Crippen LogP) is 10.4. The van der Waals surface area contributed by atoms with Crippen molar-refractivity contribution >= 4 is 11.8 Å². The number of Topliss-reactive ketones (excluding diaryl/α,β-unsaturated/α-hetero) is 1. The van der Waals surface area contributed by atoms with E-state index in [1.165, 1.54) is 133 Å². The van der Waals surface area contributed by atoms with E-state index >= 15 is 0 Å². The number of hydrogen-bond acceptors (Lipinski definition) is 5. The molecule has 258 valence electrons. The normalized spacial score (nSPS) is 24.6. The lowest BCUT2D eigenvalue weighted by Crippen LogP contribution is -2.65. The van der Waals surface area contributed by atoms with Crippen molar-refractivity contribution in [3.63, 3.8) is 0 Å². The fraction of sp³-hybridized carbons (Fsp3) is 0.805. The van der Waals surface area contributed by atoms with Crippen LogP contribution in [0.2, 0.25) is 0 Å². The van der Waals surface area contributed by atoms with Crippen molar-refractivity contribution in [3.05, 3.63) is 23.3 Å². The number of likely N-dealkylation sites (tertiary alicyclic amines) is 1. The second-order valence-corrected chi connectivity index (χ2v) is 15.4. The monoisotopic (exact) mass is 635 g/mol. The van der Waals surface area contributed by atoms with E-state index in [2.05, 4.69) is 24.9 Å². The molecule has 4 aliphatic rings. The predicted molar refractivity (Wildman–Crippen MR) is 188 cm³/mol. The Morgan fingerprint density at radius 1 is 0.826 bits per heavy atom. The first-order chi connectivity index (χ1) is 22.6. The summed E-state index contributed by atoms with van der Waals surface area (Å²) in [5, 5.41) is 0. The van der Waals surface area contributed by atoms with Gasteiger partial charge in [0.25, 0.3) is 0 Å². The molecule has 0 radical (unpaired) electrons. The van der Waals surface area contributed by atoms with Crippen molar-refractivity contribution < 1.29 is 19.1 Å². The summed E-state index contributed by atoms with van der Waals surface area (Å²) in [4.78, 5) is 28.4. The van der Waals surface area contributed by atoms with Crippen LogP contribution in [-0.4, -0.2) is 42.4 Å². The molecule has 2 aliphatic heterocycles. The van der Waals surface area contributed by atoms with Gasteiger partial charge in [-0.1, -0.05) is 141 Å². The second kappa shape index (κ2) is 18.0. The molecule has 5 heteroatoms. The summed E-state index contributed by atoms with van der Waals surface area (Å²) < 4.78 is 12.4. The Hall–Kier alpha value is -1.88. The van der Waals surface area contributed by atoms with Crippen LogP contribution in [0.3, 0.4) is 0 Å². The van der Waals surface area contributed by atoms with Gasteiger partial charge in [-0.25, -0.2) is 0 Å². The molecule has 2 heterocycles. The summed E-state index contributed by atoms with van der Waals surface area (Å²) in [6.45, 7) is 3.28. The summed E-state index contributed by atoms with van der Waals surface area (Å²) in [7, 11) is 2.22. The number of unbranched alkanes of at least 4 members (excludes halogenated alkanes) is 20. The molecule has 46 heavy (non-hydrogen) atoms. The van der Waals surface area contributed by atoms with Crippen LogP contribution in [0.1, 0.15) is 179 Å². The third kappa shape index (κ3) is 8.58. The van der Waals surface area contributed by atoms with E-state index in [0.29, 0.717) is 36.3 Å². The summed E-state index contributed by atoms with van der Waals surface area (Å²) in [6.07, 6.45) is 32.0. The highest BCUT2D eigenvalue weighted by atomic mass is 16.6. The average Bonchev–Trinajstić information content (AvgIpc) is 3.41. The Bertz CT molecular complexity index is 1120. The number of ether oxygens (including phenoxy) is 2. The minimum Gasteiger partial charge on any atom is -0.477 e. The average molecular weight is 636 g/mol. The number of rotatable bonds is 23. The Kier molecular flexibility index (Phi) is 13.9. The number of piperidine rings is 1. The maximum absolute atomic E-state index is 13.1. The molecule has 1 aromatic carbocycles. The molecule has 0 aromatic heterocycles. The molecule has 0 unspecified atom stereocenters. The van der Waals surface area contributed by atoms with E-state index in [-0.39, 0.29) is 17.2 Å². The lowest BCUT2D eigenvalue weighted by atomic mass is 9.52. The zero-order valence-electron chi connectivity index (χ0n) is 29.6. The fourth-order valence-corrected chi connectivity index (χ4v) is 9.47. The summed E-state index contributed by atoms with van der Waals surface area (Å²) in [6, 6.07) is 4.51. The molecular weight excluding hydrogens is 570 g/mol. The van der Waals surface area contributed by atoms with E-state index in [4.69, 9.17) is 9.47 Å². The van der Waals surface area contributed by atoms with E-state index in [9.17, 15) is 9.59 Å². The van der Waals surface area contributed by atoms with Gasteiger partial charge in [-0.3, -0.25) is 9.59 Å². The van der Waals surface area contributed by atoms with Gasteiger partial charge in [-0.2, -0.15) is 0 Å². The van der Waals surface area contributed by atoms with Crippen LogP contribution in [0.15, 0.2) is 12.1 Å². The van der Waals surface area contributed by atoms with Crippen molar-refractivity contribution in [2.75, 3.05) is 13.6 Å². The van der Waals surface area contributed by atoms with Gasteiger partial charge in [0.15, 0.2) is 23.4 Å². The topological polar surface area (TPSA) is 55.8 Å². The largest absolute Gasteiger partial charge is 0.477 e. The minimum absolute atomic E-state index is 0.176. The molecule has 0 N–H and O–H groups in total. The van der Waals surface area contributed by atoms with Crippen LogP contribution in [0.25, 0.3) is 0 Å². The van der Waals surface area contributed by atoms with Gasteiger partial charge >= 0.3 is 5.97 Å². The van der Waals surface area contributed by atoms with Gasteiger partial charge in [0.2, 0.25) is 0 Å². The number of benzene rings is 1. The number of ketones is 1. The van der Waals surface area contributed by atoms with Gasteiger partial charge in [0.1, 0.15) is 0 Å². The van der Waals surface area contributed by atoms with Crippen LogP contribution in [-0.2, 0) is 21.4 Å². The first-order valence-corrected chi connectivity index (χ1v) is 19.8. The maximum Gasteiger partial charge on any atom is 0.311 e. The van der Waals surface area contributed by atoms with Crippen LogP contribution in [0.5, 0.6) is 11.5 Å². The Morgan fingerprint density at radius 3 is 1.93 bits per heavy atom. The summed E-state index contributed by atoms with van der Waals surface area (Å²) in [5.74, 6) is 1.70. The molecule has 5 rings (SSSR count). The molecule has 1 saturated carbocycles. The maximum atomic E-state index is 13.1. The van der Waals surface area contributed by atoms with Crippen LogP contribution in [0, 0.1) is 5.92 Å². The van der Waals surface area contributed by atoms with Crippen molar-refractivity contribution in [1.29, 1.82) is 0 Å². The van der Waals surface area contributed by atoms with E-state index in [0.717, 1.165) is 38.6 Å². The van der Waals surface area contributed by atoms with Gasteiger partial charge in [-0.05, 0) is 56.8 Å². The molecule has 1 saturated heterocycles. The zero-order chi connectivity index (χ0) is 32.2. The smallest absolute Gasteiger partial charge is 0.311 e. The first kappa shape index (κ1) is 35.4. The highest BCUT2D eigenvalue weighted by molar-refractivity contribution is 5.89. The molecule has 1 aromatic rings. The molecule has 4 atom stereocenters. The Balaban J connectivity index is 0.890. The van der Waals surface area contributed by atoms with E-state index < -0.39 is 6.10 Å². The Labute approximate surface area is 280 Å². The molecular formula is C41H65NO4. The SMILES string of the molecule is CCCCCCCCCCCCCCCCCCCCCCCC(=O)Oc1ccc2c3c1O[C@H]1C(=O)CC[C@H]4[C@@H](C2)N(C)CC[C@]314. The van der Waals surface area contributed by atoms with Gasteiger partial charge < -0.3 is 14.4 Å². The van der Waals surface area contributed by atoms with Gasteiger partial charge in [0, 0.05) is 29.9 Å². The van der Waals surface area contributed by atoms with E-state index in [1.807, 2.05) is 6.07 Å². The van der Waals surface area contributed by atoms with Crippen molar-refractivity contribution in [2.24, 2.45) is 5.92 Å². The summed E-state index contributed by atoms with van der Waals surface area (Å²) >= 11 is 0. The molecule has 2 aliphatic carbocycles. The highest BCUT2D eigenvalue weighted by Crippen LogP contribution is 2.63. The van der Waals surface area contributed by atoms with Crippen LogP contribution in [0.4, 0.5) is 0 Å². The molecule has 2 fully saturated rings. The standard InChI is InChI=1S/C41H65NO4/c1-3-4-5-6-7-8-9-10-11-12-13-14-15-16-17-18-19-20-21-22-23-24-37(44)45-36-28-25-32-31-34-33-26-27-35(43)40-41(33,29-30-42(34)2)38(32)39(36)46-40/h25,28,33-34,40H,3-24,26-27,29-31H2,1-2H3/t33-,34+,40-,41-/m0/s1. The van der Waals surface area contributed by atoms with Crippen molar-refractivity contribution in [1.82, 2.24) is 4.90 Å². The number of hydrogen-bond donors (Lipinski definition) is 0. The lowest BCUT2D eigenvalue weighted by Gasteiger charge is -2.57. The van der Waals surface area contributed by atoms with E-state index in [1.54, 1.807) is 0 Å². The fourth-order valence-electron chi connectivity index (χ4n) is 9.47. The third-order valence-electron chi connectivity index (χ3n) is 12.1. The highest BCUT2D eigenvalue weighted by Gasteiger charge is 2.65. The van der Waals surface area contributed by atoms with Crippen LogP contribution < -0.4 is 9.47 Å². The quantitative estimate of drug-likeness (QED) is 0.0680. The number of nitrogens with zero attached hydrogens (tertiary/aromatic N) is 1. The minimum atomic E-state index is -0.411. The lowest BCUT2D eigenvalue weighted by molar-refractivity contribution is -0.138. The summed E-state index contributed by atoms with van der Waals surface area (Å²) in [5.41, 5.74) is 2.24. The molecule has 0 amide bonds. The number of esters is 1. The van der Waals surface area contributed by atoms with Gasteiger partial charge in [0.05, 0.1) is 0 Å². The first-order valence-electron chi connectivity index (χ1n) is 19.8. The molecule has 5 nitrogen and oxygen atoms in total. The van der Waals surface area contributed by atoms with Crippen molar-refractivity contribution in [3.8, 4) is 11.5 Å². The molecule has 2 bridgehead atoms. The number of carbonyl (C=O) groups excluding carboxylic acids is 2. The number of likely N-dealkylation sites (N-methyl/N-ethyl adjacent to an activating group) is 1. The third-order valence-corrected chi connectivity index (χ3v) is 12.1. The number of carbonyl (C=O) groups is 2. The van der Waals surface area contributed by atoms with Gasteiger partial charge in [-0.15, -0.1) is 0 Å². The van der Waals surface area contributed by atoms with Crippen molar-refractivity contribution in [2.45, 2.75) is 191 Å². The second-order valence-electron chi connectivity index (χ2n) is 15.4. The zero-order valence-corrected chi connectivity index (χ0v) is 29.6.